The number of carbonyl (C=O) groups is 1. The van der Waals surface area contributed by atoms with Gasteiger partial charge in [0, 0.05) is 30.8 Å². The number of amides is 1. The van der Waals surface area contributed by atoms with Crippen LogP contribution in [0.3, 0.4) is 0 Å². The molecule has 3 N–H and O–H groups in total. The van der Waals surface area contributed by atoms with Crippen molar-refractivity contribution in [2.45, 2.75) is 19.8 Å². The molecule has 5 nitrogen and oxygen atoms in total. The third-order valence-corrected chi connectivity index (χ3v) is 4.21. The molecule has 0 atom stereocenters. The van der Waals surface area contributed by atoms with Crippen LogP contribution in [0.4, 0.5) is 10.1 Å². The van der Waals surface area contributed by atoms with Gasteiger partial charge in [-0.2, -0.15) is 0 Å². The second kappa shape index (κ2) is 9.69. The highest BCUT2D eigenvalue weighted by molar-refractivity contribution is 5.92. The second-order valence-electron chi connectivity index (χ2n) is 6.10. The van der Waals surface area contributed by atoms with Gasteiger partial charge >= 0.3 is 0 Å². The van der Waals surface area contributed by atoms with Gasteiger partial charge in [0.1, 0.15) is 11.6 Å². The Hall–Kier alpha value is -2.15. The molecule has 2 aromatic carbocycles. The third-order valence-electron chi connectivity index (χ3n) is 4.21. The largest absolute Gasteiger partial charge is 0.330 e. The zero-order chi connectivity index (χ0) is 18.0. The van der Waals surface area contributed by atoms with Crippen molar-refractivity contribution in [3.05, 3.63) is 47.8 Å². The number of nitrogens with zero attached hydrogens (tertiary/aromatic N) is 2. The molecule has 27 heavy (non-hydrogen) atoms. The molecule has 0 saturated carbocycles. The lowest BCUT2D eigenvalue weighted by Crippen LogP contribution is -2.14. The number of carbonyl (C=O) groups excluding carboxylic acids is 1. The highest BCUT2D eigenvalue weighted by Gasteiger charge is 2.12. The number of benzene rings is 2. The smallest absolute Gasteiger partial charge is 0.224 e. The molecule has 0 spiro atoms. The monoisotopic (exact) mass is 412 g/mol. The van der Waals surface area contributed by atoms with E-state index >= 15 is 0 Å². The summed E-state index contributed by atoms with van der Waals surface area (Å²) in [6.07, 6.45) is 1.08. The van der Waals surface area contributed by atoms with E-state index in [9.17, 15) is 9.18 Å². The van der Waals surface area contributed by atoms with Gasteiger partial charge in [-0.25, -0.2) is 9.37 Å². The van der Waals surface area contributed by atoms with Gasteiger partial charge in [-0.3, -0.25) is 4.79 Å². The quantitative estimate of drug-likeness (QED) is 0.658. The van der Waals surface area contributed by atoms with Gasteiger partial charge in [-0.15, -0.1) is 24.8 Å². The van der Waals surface area contributed by atoms with Gasteiger partial charge in [0.25, 0.3) is 0 Å². The number of nitrogens with one attached hydrogen (secondary N) is 1. The lowest BCUT2D eigenvalue weighted by Gasteiger charge is -2.10. The Morgan fingerprint density at radius 2 is 1.96 bits per heavy atom. The Labute approximate surface area is 170 Å². The fraction of sp³-hybridized carbons (Fsp3) is 0.263. The number of hydrogen-bond donors (Lipinski definition) is 2. The number of anilines is 1. The van der Waals surface area contributed by atoms with Crippen molar-refractivity contribution >= 4 is 47.4 Å². The van der Waals surface area contributed by atoms with E-state index in [2.05, 4.69) is 10.3 Å². The Kier molecular flexibility index (Phi) is 8.21. The zero-order valence-electron chi connectivity index (χ0n) is 15.2. The summed E-state index contributed by atoms with van der Waals surface area (Å²) in [7, 11) is 1.90. The predicted molar refractivity (Wildman–Crippen MR) is 112 cm³/mol. The van der Waals surface area contributed by atoms with Gasteiger partial charge in [0.2, 0.25) is 5.91 Å². The van der Waals surface area contributed by atoms with Crippen LogP contribution in [-0.2, 0) is 11.8 Å². The van der Waals surface area contributed by atoms with Crippen molar-refractivity contribution in [1.29, 1.82) is 0 Å². The topological polar surface area (TPSA) is 72.9 Å². The van der Waals surface area contributed by atoms with Crippen molar-refractivity contribution in [2.75, 3.05) is 11.9 Å². The highest BCUT2D eigenvalue weighted by atomic mass is 35.5. The van der Waals surface area contributed by atoms with E-state index in [1.807, 2.05) is 36.7 Å². The van der Waals surface area contributed by atoms with E-state index in [0.717, 1.165) is 28.2 Å². The van der Waals surface area contributed by atoms with Crippen LogP contribution in [0.25, 0.3) is 22.4 Å². The number of rotatable bonds is 5. The van der Waals surface area contributed by atoms with Crippen LogP contribution < -0.4 is 11.1 Å². The number of halogens is 3. The van der Waals surface area contributed by atoms with E-state index in [1.165, 1.54) is 12.1 Å². The summed E-state index contributed by atoms with van der Waals surface area (Å²) in [6, 6.07) is 10.3. The molecule has 0 aliphatic heterocycles. The average molecular weight is 413 g/mol. The number of nitrogens with two attached hydrogens (primary N) is 1. The molecule has 0 fully saturated rings. The molecule has 1 aromatic heterocycles. The van der Waals surface area contributed by atoms with Gasteiger partial charge in [-0.05, 0) is 55.8 Å². The SMILES string of the molecule is Cc1cc(-c2nc3cc(F)ccc3n2C)ccc1NC(=O)CCCN.Cl.Cl. The van der Waals surface area contributed by atoms with Crippen LogP contribution >= 0.6 is 24.8 Å². The summed E-state index contributed by atoms with van der Waals surface area (Å²) < 4.78 is 15.3. The van der Waals surface area contributed by atoms with Crippen molar-refractivity contribution in [1.82, 2.24) is 9.55 Å². The van der Waals surface area contributed by atoms with E-state index in [4.69, 9.17) is 5.73 Å². The van der Waals surface area contributed by atoms with E-state index in [1.54, 1.807) is 6.07 Å². The molecule has 3 aromatic rings. The van der Waals surface area contributed by atoms with E-state index < -0.39 is 0 Å². The van der Waals surface area contributed by atoms with Crippen molar-refractivity contribution < 1.29 is 9.18 Å². The molecular formula is C19H23Cl2FN4O. The Balaban J connectivity index is 0.00000182. The maximum absolute atomic E-state index is 13.4. The zero-order valence-corrected chi connectivity index (χ0v) is 16.8. The van der Waals surface area contributed by atoms with E-state index in [0.29, 0.717) is 24.9 Å². The fourth-order valence-corrected chi connectivity index (χ4v) is 2.85. The van der Waals surface area contributed by atoms with Crippen LogP contribution in [0.2, 0.25) is 0 Å². The number of aryl methyl sites for hydroxylation is 2. The minimum atomic E-state index is -0.302. The van der Waals surface area contributed by atoms with Crippen LogP contribution in [0, 0.1) is 12.7 Å². The van der Waals surface area contributed by atoms with Crippen LogP contribution in [-0.4, -0.2) is 22.0 Å². The minimum Gasteiger partial charge on any atom is -0.330 e. The first-order chi connectivity index (χ1) is 12.0. The Morgan fingerprint density at radius 1 is 1.22 bits per heavy atom. The predicted octanol–water partition coefficient (Wildman–Crippen LogP) is 4.21. The molecular weight excluding hydrogens is 390 g/mol. The number of hydrogen-bond acceptors (Lipinski definition) is 3. The summed E-state index contributed by atoms with van der Waals surface area (Å²) in [6.45, 7) is 2.43. The summed E-state index contributed by atoms with van der Waals surface area (Å²) in [5, 5.41) is 2.90. The first-order valence-electron chi connectivity index (χ1n) is 8.22. The Bertz CT molecular complexity index is 943. The maximum Gasteiger partial charge on any atom is 0.224 e. The van der Waals surface area contributed by atoms with Crippen LogP contribution in [0.5, 0.6) is 0 Å². The molecule has 0 saturated heterocycles. The lowest BCUT2D eigenvalue weighted by molar-refractivity contribution is -0.116. The molecule has 3 rings (SSSR count). The summed E-state index contributed by atoms with van der Waals surface area (Å²) in [5.41, 5.74) is 9.54. The first-order valence-corrected chi connectivity index (χ1v) is 8.22. The summed E-state index contributed by atoms with van der Waals surface area (Å²) >= 11 is 0. The molecule has 0 bridgehead atoms. The molecule has 0 radical (unpaired) electrons. The van der Waals surface area contributed by atoms with Gasteiger partial charge in [0.05, 0.1) is 11.0 Å². The molecule has 146 valence electrons. The minimum absolute atomic E-state index is 0. The molecule has 0 unspecified atom stereocenters. The maximum atomic E-state index is 13.4. The van der Waals surface area contributed by atoms with Crippen molar-refractivity contribution in [3.8, 4) is 11.4 Å². The average Bonchev–Trinajstić information content (AvgIpc) is 2.91. The summed E-state index contributed by atoms with van der Waals surface area (Å²) in [4.78, 5) is 16.4. The third kappa shape index (κ3) is 4.97. The van der Waals surface area contributed by atoms with Gasteiger partial charge in [0.15, 0.2) is 0 Å². The lowest BCUT2D eigenvalue weighted by atomic mass is 10.1. The molecule has 0 aliphatic carbocycles. The van der Waals surface area contributed by atoms with E-state index in [-0.39, 0.29) is 36.5 Å². The molecule has 1 heterocycles. The summed E-state index contributed by atoms with van der Waals surface area (Å²) in [5.74, 6) is 0.410. The van der Waals surface area contributed by atoms with Crippen molar-refractivity contribution in [3.63, 3.8) is 0 Å². The molecule has 0 aliphatic rings. The molecule has 8 heteroatoms. The fourth-order valence-electron chi connectivity index (χ4n) is 2.85. The first kappa shape index (κ1) is 22.9. The standard InChI is InChI=1S/C19H21FN4O.2ClH/c1-12-10-13(5-7-15(12)22-18(25)4-3-9-21)19-23-16-11-14(20)6-8-17(16)24(19)2;;/h5-8,10-11H,3-4,9,21H2,1-2H3,(H,22,25);2*1H. The number of aromatic nitrogens is 2. The van der Waals surface area contributed by atoms with Crippen molar-refractivity contribution in [2.24, 2.45) is 12.8 Å². The van der Waals surface area contributed by atoms with Crippen LogP contribution in [0.15, 0.2) is 36.4 Å². The number of fused-ring (bicyclic) bond motifs is 1. The normalized spacial score (nSPS) is 10.2. The van der Waals surface area contributed by atoms with Gasteiger partial charge < -0.3 is 15.6 Å². The molecule has 1 amide bonds. The second-order valence-corrected chi connectivity index (χ2v) is 6.10. The number of imidazole rings is 1. The van der Waals surface area contributed by atoms with Crippen LogP contribution in [0.1, 0.15) is 18.4 Å². The Morgan fingerprint density at radius 3 is 2.63 bits per heavy atom. The highest BCUT2D eigenvalue weighted by Crippen LogP contribution is 2.27. The van der Waals surface area contributed by atoms with Gasteiger partial charge in [-0.1, -0.05) is 0 Å².